The van der Waals surface area contributed by atoms with Crippen LogP contribution in [0.2, 0.25) is 0 Å². The highest BCUT2D eigenvalue weighted by Gasteiger charge is 2.38. The fourth-order valence-electron chi connectivity index (χ4n) is 4.69. The summed E-state index contributed by atoms with van der Waals surface area (Å²) in [4.78, 5) is 28.5. The Bertz CT molecular complexity index is 872. The van der Waals surface area contributed by atoms with Crippen molar-refractivity contribution >= 4 is 23.3 Å². The zero-order valence-corrected chi connectivity index (χ0v) is 17.5. The number of nitrogens with zero attached hydrogens (tertiary/aromatic N) is 4. The number of carbonyl (C=O) groups is 2. The Kier molecular flexibility index (Phi) is 5.91. The molecule has 1 aromatic carbocycles. The quantitative estimate of drug-likeness (QED) is 0.806. The fourth-order valence-corrected chi connectivity index (χ4v) is 5.21. The van der Waals surface area contributed by atoms with Crippen molar-refractivity contribution in [2.45, 2.75) is 31.6 Å². The number of aromatic nitrogens is 2. The number of piperidine rings is 1. The highest BCUT2D eigenvalue weighted by molar-refractivity contribution is 7.03. The van der Waals surface area contributed by atoms with Crippen LogP contribution in [0.25, 0.3) is 0 Å². The largest absolute Gasteiger partial charge is 0.369 e. The molecule has 7 nitrogen and oxygen atoms in total. The lowest BCUT2D eigenvalue weighted by molar-refractivity contribution is -0.135. The van der Waals surface area contributed by atoms with Crippen molar-refractivity contribution in [1.29, 1.82) is 0 Å². The van der Waals surface area contributed by atoms with Crippen molar-refractivity contribution in [2.24, 2.45) is 11.7 Å². The van der Waals surface area contributed by atoms with Gasteiger partial charge in [-0.1, -0.05) is 28.8 Å². The Labute approximate surface area is 175 Å². The van der Waals surface area contributed by atoms with E-state index in [2.05, 4.69) is 45.7 Å². The number of aryl methyl sites for hydroxylation is 1. The zero-order chi connectivity index (χ0) is 20.4. The van der Waals surface area contributed by atoms with Gasteiger partial charge >= 0.3 is 0 Å². The van der Waals surface area contributed by atoms with Gasteiger partial charge in [-0.05, 0) is 42.4 Å². The summed E-state index contributed by atoms with van der Waals surface area (Å²) in [7, 11) is 0. The molecule has 8 heteroatoms. The summed E-state index contributed by atoms with van der Waals surface area (Å²) < 4.78 is 4.06. The smallest absolute Gasteiger partial charge is 0.236 e. The third kappa shape index (κ3) is 4.33. The van der Waals surface area contributed by atoms with Crippen molar-refractivity contribution in [2.75, 3.05) is 32.7 Å². The Balaban J connectivity index is 1.48. The fraction of sp³-hybridized carbons (Fsp3) is 0.524. The molecule has 0 spiro atoms. The maximum Gasteiger partial charge on any atom is 0.236 e. The van der Waals surface area contributed by atoms with Crippen LogP contribution in [0.15, 0.2) is 29.6 Å². The molecular weight excluding hydrogens is 386 g/mol. The van der Waals surface area contributed by atoms with Crippen LogP contribution in [-0.2, 0) is 9.59 Å². The first-order valence-corrected chi connectivity index (χ1v) is 11.0. The van der Waals surface area contributed by atoms with Crippen LogP contribution < -0.4 is 5.73 Å². The second kappa shape index (κ2) is 8.59. The molecule has 2 aliphatic rings. The van der Waals surface area contributed by atoms with Gasteiger partial charge in [-0.15, -0.1) is 5.10 Å². The van der Waals surface area contributed by atoms with E-state index >= 15 is 0 Å². The van der Waals surface area contributed by atoms with Crippen LogP contribution in [0.5, 0.6) is 0 Å². The van der Waals surface area contributed by atoms with E-state index in [1.54, 1.807) is 4.90 Å². The van der Waals surface area contributed by atoms with Crippen LogP contribution in [0, 0.1) is 12.8 Å². The van der Waals surface area contributed by atoms with E-state index in [1.807, 2.05) is 5.38 Å². The first-order valence-electron chi connectivity index (χ1n) is 10.1. The predicted octanol–water partition coefficient (Wildman–Crippen LogP) is 1.75. The average molecular weight is 414 g/mol. The molecule has 2 fully saturated rings. The number of carbonyl (C=O) groups excluding carboxylic acids is 2. The van der Waals surface area contributed by atoms with Gasteiger partial charge in [-0.3, -0.25) is 14.5 Å². The second-order valence-electron chi connectivity index (χ2n) is 8.17. The van der Waals surface area contributed by atoms with E-state index in [0.29, 0.717) is 19.6 Å². The number of benzene rings is 1. The molecule has 4 rings (SSSR count). The van der Waals surface area contributed by atoms with Crippen LogP contribution in [0.4, 0.5) is 0 Å². The van der Waals surface area contributed by atoms with Crippen molar-refractivity contribution < 1.29 is 9.59 Å². The number of hydrogen-bond donors (Lipinski definition) is 1. The number of likely N-dealkylation sites (tertiary alicyclic amines) is 2. The molecule has 2 aromatic rings. The van der Waals surface area contributed by atoms with Gasteiger partial charge in [0.2, 0.25) is 11.8 Å². The molecule has 1 aromatic heterocycles. The minimum atomic E-state index is -0.306. The SMILES string of the molecule is Cc1ccccc1[C@@H]1CN(CC(=O)N2CCCC(C(N)=O)C2)C[C@H]1c1csnn1. The predicted molar refractivity (Wildman–Crippen MR) is 112 cm³/mol. The van der Waals surface area contributed by atoms with E-state index in [-0.39, 0.29) is 29.6 Å². The molecule has 2 N–H and O–H groups in total. The van der Waals surface area contributed by atoms with E-state index in [9.17, 15) is 9.59 Å². The standard InChI is InChI=1S/C21H27N5O2S/c1-14-5-2-3-7-16(14)17-10-25(11-18(17)19-13-29-24-23-19)12-20(27)26-8-4-6-15(9-26)21(22)28/h2-3,5,7,13,15,17-18H,4,6,8-12H2,1H3,(H2,22,28)/t15?,17-,18+/m0/s1. The molecule has 2 amide bonds. The Morgan fingerprint density at radius 1 is 1.21 bits per heavy atom. The molecular formula is C21H27N5O2S. The lowest BCUT2D eigenvalue weighted by atomic mass is 9.85. The molecule has 0 radical (unpaired) electrons. The topological polar surface area (TPSA) is 92.4 Å². The molecule has 2 saturated heterocycles. The summed E-state index contributed by atoms with van der Waals surface area (Å²) in [5, 5.41) is 6.35. The monoisotopic (exact) mass is 413 g/mol. The molecule has 154 valence electrons. The number of nitrogens with two attached hydrogens (primary N) is 1. The lowest BCUT2D eigenvalue weighted by Gasteiger charge is -2.32. The molecule has 1 unspecified atom stereocenters. The third-order valence-corrected chi connectivity index (χ3v) is 6.80. The number of rotatable bonds is 5. The van der Waals surface area contributed by atoms with Crippen molar-refractivity contribution in [3.63, 3.8) is 0 Å². The lowest BCUT2D eigenvalue weighted by Crippen LogP contribution is -2.47. The summed E-state index contributed by atoms with van der Waals surface area (Å²) in [5.41, 5.74) is 9.04. The molecule has 0 aliphatic carbocycles. The van der Waals surface area contributed by atoms with Crippen molar-refractivity contribution in [3.05, 3.63) is 46.5 Å². The highest BCUT2D eigenvalue weighted by Crippen LogP contribution is 2.40. The van der Waals surface area contributed by atoms with E-state index in [0.717, 1.165) is 31.6 Å². The normalized spacial score (nSPS) is 25.3. The molecule has 29 heavy (non-hydrogen) atoms. The maximum atomic E-state index is 12.9. The van der Waals surface area contributed by atoms with Crippen LogP contribution in [-0.4, -0.2) is 63.9 Å². The summed E-state index contributed by atoms with van der Waals surface area (Å²) in [6, 6.07) is 8.45. The first-order chi connectivity index (χ1) is 14.0. The van der Waals surface area contributed by atoms with Gasteiger partial charge in [0.15, 0.2) is 0 Å². The summed E-state index contributed by atoms with van der Waals surface area (Å²) in [5.74, 6) is 0.0609. The van der Waals surface area contributed by atoms with Gasteiger partial charge in [0.1, 0.15) is 0 Å². The minimum absolute atomic E-state index is 0.0801. The maximum absolute atomic E-state index is 12.9. The van der Waals surface area contributed by atoms with E-state index < -0.39 is 0 Å². The summed E-state index contributed by atoms with van der Waals surface area (Å²) in [6.45, 7) is 5.24. The van der Waals surface area contributed by atoms with E-state index in [4.69, 9.17) is 5.73 Å². The molecule has 0 bridgehead atoms. The Morgan fingerprint density at radius 3 is 2.72 bits per heavy atom. The Morgan fingerprint density at radius 2 is 2.00 bits per heavy atom. The number of amides is 2. The molecule has 3 atom stereocenters. The molecule has 3 heterocycles. The van der Waals surface area contributed by atoms with Gasteiger partial charge < -0.3 is 10.6 Å². The number of hydrogen-bond acceptors (Lipinski definition) is 6. The van der Waals surface area contributed by atoms with Crippen molar-refractivity contribution in [3.8, 4) is 0 Å². The Hall–Kier alpha value is -2.32. The van der Waals surface area contributed by atoms with Gasteiger partial charge in [0, 0.05) is 43.4 Å². The highest BCUT2D eigenvalue weighted by atomic mass is 32.1. The van der Waals surface area contributed by atoms with Crippen LogP contribution >= 0.6 is 11.5 Å². The van der Waals surface area contributed by atoms with Gasteiger partial charge in [-0.2, -0.15) is 0 Å². The van der Waals surface area contributed by atoms with Gasteiger partial charge in [-0.25, -0.2) is 0 Å². The minimum Gasteiger partial charge on any atom is -0.369 e. The third-order valence-electron chi connectivity index (χ3n) is 6.28. The summed E-state index contributed by atoms with van der Waals surface area (Å²) >= 11 is 1.37. The van der Waals surface area contributed by atoms with Crippen LogP contribution in [0.1, 0.15) is 41.5 Å². The second-order valence-corrected chi connectivity index (χ2v) is 8.78. The van der Waals surface area contributed by atoms with Gasteiger partial charge in [0.05, 0.1) is 18.2 Å². The van der Waals surface area contributed by atoms with E-state index in [1.165, 1.54) is 22.7 Å². The summed E-state index contributed by atoms with van der Waals surface area (Å²) in [6.07, 6.45) is 1.61. The number of primary amides is 1. The first kappa shape index (κ1) is 20.0. The van der Waals surface area contributed by atoms with Crippen molar-refractivity contribution in [1.82, 2.24) is 19.4 Å². The van der Waals surface area contributed by atoms with Gasteiger partial charge in [0.25, 0.3) is 0 Å². The van der Waals surface area contributed by atoms with Crippen LogP contribution in [0.3, 0.4) is 0 Å². The molecule has 0 saturated carbocycles. The zero-order valence-electron chi connectivity index (χ0n) is 16.7. The molecule has 2 aliphatic heterocycles. The average Bonchev–Trinajstić information content (AvgIpc) is 3.38.